The highest BCUT2D eigenvalue weighted by Crippen LogP contribution is 2.20. The van der Waals surface area contributed by atoms with Gasteiger partial charge in [-0.1, -0.05) is 0 Å². The normalized spacial score (nSPS) is 22.1. The van der Waals surface area contributed by atoms with Crippen LogP contribution in [0.1, 0.15) is 18.4 Å². The zero-order valence-corrected chi connectivity index (χ0v) is 10.3. The Balaban J connectivity index is 2.02. The minimum absolute atomic E-state index is 0.559. The summed E-state index contributed by atoms with van der Waals surface area (Å²) >= 11 is 3.44. The van der Waals surface area contributed by atoms with Gasteiger partial charge in [0.05, 0.1) is 0 Å². The highest BCUT2D eigenvalue weighted by molar-refractivity contribution is 9.10. The molecule has 1 aliphatic rings. The Labute approximate surface area is 98.8 Å². The lowest BCUT2D eigenvalue weighted by Crippen LogP contribution is -2.34. The molecule has 0 spiro atoms. The third-order valence-corrected chi connectivity index (χ3v) is 3.35. The molecule has 0 saturated carbocycles. The van der Waals surface area contributed by atoms with Gasteiger partial charge in [-0.25, -0.2) is 0 Å². The molecule has 15 heavy (non-hydrogen) atoms. The summed E-state index contributed by atoms with van der Waals surface area (Å²) in [5, 5.41) is 0. The molecule has 1 atom stereocenters. The van der Waals surface area contributed by atoms with Crippen molar-refractivity contribution in [3.63, 3.8) is 0 Å². The van der Waals surface area contributed by atoms with E-state index in [0.717, 1.165) is 24.1 Å². The maximum absolute atomic E-state index is 5.74. The van der Waals surface area contributed by atoms with Gasteiger partial charge in [-0.2, -0.15) is 0 Å². The van der Waals surface area contributed by atoms with Gasteiger partial charge in [-0.15, -0.1) is 0 Å². The summed E-state index contributed by atoms with van der Waals surface area (Å²) in [7, 11) is 0. The van der Waals surface area contributed by atoms with Crippen LogP contribution in [-0.4, -0.2) is 29.0 Å². The zero-order valence-electron chi connectivity index (χ0n) is 8.69. The second-order valence-corrected chi connectivity index (χ2v) is 4.93. The molecule has 1 saturated heterocycles. The van der Waals surface area contributed by atoms with Gasteiger partial charge in [0.1, 0.15) is 0 Å². The number of aromatic nitrogens is 1. The number of hydrogen-bond acceptors (Lipinski definition) is 3. The number of hydrogen-bond donors (Lipinski definition) is 1. The fourth-order valence-corrected chi connectivity index (χ4v) is 2.56. The van der Waals surface area contributed by atoms with Gasteiger partial charge in [0.15, 0.2) is 0 Å². The van der Waals surface area contributed by atoms with Crippen LogP contribution >= 0.6 is 15.9 Å². The molecule has 1 aromatic rings. The van der Waals surface area contributed by atoms with Gasteiger partial charge in [0.25, 0.3) is 0 Å². The lowest BCUT2D eigenvalue weighted by molar-refractivity contribution is 0.250. The monoisotopic (exact) mass is 269 g/mol. The van der Waals surface area contributed by atoms with Crippen molar-refractivity contribution in [3.05, 3.63) is 28.5 Å². The van der Waals surface area contributed by atoms with Crippen molar-refractivity contribution in [1.82, 2.24) is 9.88 Å². The lowest BCUT2D eigenvalue weighted by atomic mass is 10.2. The molecule has 3 nitrogen and oxygen atoms in total. The molecule has 0 bridgehead atoms. The Morgan fingerprint density at radius 3 is 3.13 bits per heavy atom. The molecule has 0 radical (unpaired) electrons. The van der Waals surface area contributed by atoms with Crippen LogP contribution in [0.2, 0.25) is 0 Å². The van der Waals surface area contributed by atoms with Gasteiger partial charge in [-0.05, 0) is 46.9 Å². The van der Waals surface area contributed by atoms with Crippen molar-refractivity contribution >= 4 is 15.9 Å². The van der Waals surface area contributed by atoms with Crippen LogP contribution in [-0.2, 0) is 6.54 Å². The second kappa shape index (κ2) is 5.05. The maximum atomic E-state index is 5.74. The summed E-state index contributed by atoms with van der Waals surface area (Å²) < 4.78 is 1.04. The van der Waals surface area contributed by atoms with Gasteiger partial charge in [0, 0.05) is 36.0 Å². The van der Waals surface area contributed by atoms with Crippen molar-refractivity contribution in [2.75, 3.05) is 13.1 Å². The molecule has 0 aromatic carbocycles. The summed E-state index contributed by atoms with van der Waals surface area (Å²) in [4.78, 5) is 6.62. The molecule has 1 aliphatic heterocycles. The van der Waals surface area contributed by atoms with E-state index in [2.05, 4.69) is 31.9 Å². The first kappa shape index (κ1) is 11.0. The van der Waals surface area contributed by atoms with Crippen molar-refractivity contribution in [2.24, 2.45) is 5.73 Å². The van der Waals surface area contributed by atoms with E-state index in [1.165, 1.54) is 18.4 Å². The largest absolute Gasteiger partial charge is 0.329 e. The topological polar surface area (TPSA) is 42.1 Å². The summed E-state index contributed by atoms with van der Waals surface area (Å²) in [6, 6.07) is 2.68. The molecular weight excluding hydrogens is 254 g/mol. The van der Waals surface area contributed by atoms with E-state index in [1.807, 2.05) is 12.4 Å². The Hall–Kier alpha value is -0.450. The Morgan fingerprint density at radius 2 is 2.40 bits per heavy atom. The first-order valence-corrected chi connectivity index (χ1v) is 6.12. The second-order valence-electron chi connectivity index (χ2n) is 4.01. The Kier molecular flexibility index (Phi) is 3.72. The quantitative estimate of drug-likeness (QED) is 0.910. The highest BCUT2D eigenvalue weighted by atomic mass is 79.9. The van der Waals surface area contributed by atoms with E-state index in [-0.39, 0.29) is 0 Å². The number of rotatable bonds is 3. The van der Waals surface area contributed by atoms with Crippen LogP contribution in [0.15, 0.2) is 22.9 Å². The van der Waals surface area contributed by atoms with Gasteiger partial charge in [-0.3, -0.25) is 9.88 Å². The van der Waals surface area contributed by atoms with E-state index in [4.69, 9.17) is 5.73 Å². The van der Waals surface area contributed by atoms with Crippen molar-refractivity contribution in [3.8, 4) is 0 Å². The standard InChI is InChI=1S/C11H16BrN3/c12-10-4-9(6-14-7-10)8-15-3-1-2-11(15)5-13/h4,6-7,11H,1-3,5,8,13H2. The highest BCUT2D eigenvalue weighted by Gasteiger charge is 2.22. The molecule has 2 rings (SSSR count). The summed E-state index contributed by atoms with van der Waals surface area (Å²) in [5.74, 6) is 0. The first-order chi connectivity index (χ1) is 7.29. The molecule has 1 aromatic heterocycles. The van der Waals surface area contributed by atoms with Crippen LogP contribution < -0.4 is 5.73 Å². The minimum atomic E-state index is 0.559. The Morgan fingerprint density at radius 1 is 1.53 bits per heavy atom. The summed E-state index contributed by atoms with van der Waals surface area (Å²) in [6.07, 6.45) is 6.24. The molecule has 1 fully saturated rings. The number of nitrogens with zero attached hydrogens (tertiary/aromatic N) is 2. The number of pyridine rings is 1. The van der Waals surface area contributed by atoms with E-state index in [0.29, 0.717) is 6.04 Å². The third kappa shape index (κ3) is 2.77. The van der Waals surface area contributed by atoms with Gasteiger partial charge < -0.3 is 5.73 Å². The number of halogens is 1. The van der Waals surface area contributed by atoms with Gasteiger partial charge in [0.2, 0.25) is 0 Å². The Bertz CT molecular complexity index is 329. The van der Waals surface area contributed by atoms with Crippen LogP contribution in [0.25, 0.3) is 0 Å². The van der Waals surface area contributed by atoms with E-state index in [9.17, 15) is 0 Å². The van der Waals surface area contributed by atoms with Crippen LogP contribution in [0.4, 0.5) is 0 Å². The summed E-state index contributed by atoms with van der Waals surface area (Å²) in [6.45, 7) is 2.89. The van der Waals surface area contributed by atoms with E-state index >= 15 is 0 Å². The minimum Gasteiger partial charge on any atom is -0.329 e. The smallest absolute Gasteiger partial charge is 0.0410 e. The average Bonchev–Trinajstić information content (AvgIpc) is 2.65. The predicted octanol–water partition coefficient (Wildman–Crippen LogP) is 1.77. The van der Waals surface area contributed by atoms with Crippen molar-refractivity contribution < 1.29 is 0 Å². The molecule has 4 heteroatoms. The van der Waals surface area contributed by atoms with Crippen molar-refractivity contribution in [2.45, 2.75) is 25.4 Å². The fourth-order valence-electron chi connectivity index (χ4n) is 2.15. The van der Waals surface area contributed by atoms with Crippen LogP contribution in [0.3, 0.4) is 0 Å². The van der Waals surface area contributed by atoms with E-state index < -0.39 is 0 Å². The SMILES string of the molecule is NCC1CCCN1Cc1cncc(Br)c1. The zero-order chi connectivity index (χ0) is 10.7. The summed E-state index contributed by atoms with van der Waals surface area (Å²) in [5.41, 5.74) is 7.00. The molecule has 0 aliphatic carbocycles. The van der Waals surface area contributed by atoms with Crippen LogP contribution in [0.5, 0.6) is 0 Å². The number of likely N-dealkylation sites (tertiary alicyclic amines) is 1. The van der Waals surface area contributed by atoms with Crippen molar-refractivity contribution in [1.29, 1.82) is 0 Å². The van der Waals surface area contributed by atoms with Gasteiger partial charge >= 0.3 is 0 Å². The predicted molar refractivity (Wildman–Crippen MR) is 64.4 cm³/mol. The maximum Gasteiger partial charge on any atom is 0.0410 e. The molecule has 82 valence electrons. The number of nitrogens with two attached hydrogens (primary N) is 1. The molecule has 0 amide bonds. The third-order valence-electron chi connectivity index (χ3n) is 2.92. The molecular formula is C11H16BrN3. The molecule has 2 N–H and O–H groups in total. The fraction of sp³-hybridized carbons (Fsp3) is 0.545. The van der Waals surface area contributed by atoms with E-state index in [1.54, 1.807) is 0 Å². The average molecular weight is 270 g/mol. The van der Waals surface area contributed by atoms with Crippen LogP contribution in [0, 0.1) is 0 Å². The molecule has 2 heterocycles. The molecule has 1 unspecified atom stereocenters. The lowest BCUT2D eigenvalue weighted by Gasteiger charge is -2.22. The first-order valence-electron chi connectivity index (χ1n) is 5.33.